The van der Waals surface area contributed by atoms with E-state index in [-0.39, 0.29) is 31.6 Å². The lowest BCUT2D eigenvalue weighted by molar-refractivity contribution is -0.166. The molecule has 6 heteroatoms. The van der Waals surface area contributed by atoms with Crippen LogP contribution in [0.2, 0.25) is 0 Å². The predicted molar refractivity (Wildman–Crippen MR) is 352 cm³/mol. The molecule has 1 atom stereocenters. The Bertz CT molecular complexity index is 1810. The molecule has 81 heavy (non-hydrogen) atoms. The molecule has 0 aliphatic carbocycles. The third-order valence-corrected chi connectivity index (χ3v) is 13.5. The quantitative estimate of drug-likeness (QED) is 0.0261. The van der Waals surface area contributed by atoms with Crippen molar-refractivity contribution in [3.8, 4) is 0 Å². The standard InChI is InChI=1S/C75H120O6/c1-4-7-10-13-16-19-22-25-28-31-34-35-36-37-38-39-42-44-47-50-53-56-59-62-65-68-74(77)80-71-72(81-75(78)69-66-63-60-57-54-51-48-45-41-33-30-27-24-21-18-15-12-9-6-3)70-79-73(76)67-64-61-58-55-52-49-46-43-40-32-29-26-23-20-17-14-11-8-5-2/h7,9-10,12,16-21,25-30,34-35,40-41,43,45,51,54,60,63,72H,4-6,8,11,13-15,22-24,31-33,36-39,42,44,46-50,52-53,55-59,61-62,64-71H2,1-3H3/b10-7-,12-9-,19-16-,20-17-,21-18-,28-25-,29-26-,30-27-,35-34-,43-40-,45-41-,54-51-,63-60-. The van der Waals surface area contributed by atoms with Crippen LogP contribution >= 0.6 is 0 Å². The Morgan fingerprint density at radius 1 is 0.259 bits per heavy atom. The molecule has 0 aromatic heterocycles. The van der Waals surface area contributed by atoms with Crippen LogP contribution in [0.25, 0.3) is 0 Å². The van der Waals surface area contributed by atoms with Gasteiger partial charge in [0.25, 0.3) is 0 Å². The lowest BCUT2D eigenvalue weighted by Crippen LogP contribution is -2.30. The molecule has 0 radical (unpaired) electrons. The number of rotatable bonds is 58. The Kier molecular flexibility index (Phi) is 63.4. The maximum absolute atomic E-state index is 12.9. The predicted octanol–water partition coefficient (Wildman–Crippen LogP) is 22.9. The smallest absolute Gasteiger partial charge is 0.306 e. The van der Waals surface area contributed by atoms with Crippen LogP contribution in [0.3, 0.4) is 0 Å². The molecule has 456 valence electrons. The Labute approximate surface area is 499 Å². The summed E-state index contributed by atoms with van der Waals surface area (Å²) in [6.45, 7) is 6.32. The summed E-state index contributed by atoms with van der Waals surface area (Å²) in [5, 5.41) is 0. The fraction of sp³-hybridized carbons (Fsp3) is 0.613. The van der Waals surface area contributed by atoms with Crippen LogP contribution in [0, 0.1) is 0 Å². The summed E-state index contributed by atoms with van der Waals surface area (Å²) in [6.07, 6.45) is 98.3. The summed E-state index contributed by atoms with van der Waals surface area (Å²) in [5.41, 5.74) is 0. The molecule has 0 fully saturated rings. The number of esters is 3. The first kappa shape index (κ1) is 76.0. The minimum atomic E-state index is -0.834. The molecular formula is C75H120O6. The molecule has 1 unspecified atom stereocenters. The normalized spacial score (nSPS) is 13.2. The first-order chi connectivity index (χ1) is 40.0. The van der Waals surface area contributed by atoms with E-state index in [1.165, 1.54) is 103 Å². The highest BCUT2D eigenvalue weighted by Crippen LogP contribution is 2.15. The Morgan fingerprint density at radius 3 is 0.802 bits per heavy atom. The summed E-state index contributed by atoms with van der Waals surface area (Å²) in [4.78, 5) is 38.4. The summed E-state index contributed by atoms with van der Waals surface area (Å²) in [6, 6.07) is 0. The zero-order valence-corrected chi connectivity index (χ0v) is 52.2. The monoisotopic (exact) mass is 1120 g/mol. The SMILES string of the molecule is CC/C=C\C/C=C\C/C=C\C/C=C\C/C=C\C/C=C\CCC(=O)OC(COC(=O)CCCCCCCC/C=C\C/C=C\C/C=C\CCCCC)COC(=O)CCCCCCCCCCCCCC/C=C\C/C=C\C/C=C\C/C=C\CC. The number of hydrogen-bond donors (Lipinski definition) is 0. The van der Waals surface area contributed by atoms with Crippen LogP contribution in [0.15, 0.2) is 158 Å². The van der Waals surface area contributed by atoms with Gasteiger partial charge in [0.2, 0.25) is 0 Å². The van der Waals surface area contributed by atoms with Crippen LogP contribution < -0.4 is 0 Å². The second-order valence-electron chi connectivity index (χ2n) is 21.3. The minimum Gasteiger partial charge on any atom is -0.462 e. The summed E-state index contributed by atoms with van der Waals surface area (Å²) in [5.74, 6) is -1.02. The highest BCUT2D eigenvalue weighted by Gasteiger charge is 2.19. The van der Waals surface area contributed by atoms with Crippen molar-refractivity contribution in [1.82, 2.24) is 0 Å². The van der Waals surface area contributed by atoms with Gasteiger partial charge in [-0.15, -0.1) is 0 Å². The lowest BCUT2D eigenvalue weighted by Gasteiger charge is -2.18. The topological polar surface area (TPSA) is 78.9 Å². The number of ether oxygens (including phenoxy) is 3. The minimum absolute atomic E-state index is 0.119. The van der Waals surface area contributed by atoms with Gasteiger partial charge in [-0.25, -0.2) is 0 Å². The van der Waals surface area contributed by atoms with Gasteiger partial charge in [0.05, 0.1) is 0 Å². The molecule has 0 spiro atoms. The van der Waals surface area contributed by atoms with E-state index in [9.17, 15) is 14.4 Å². The van der Waals surface area contributed by atoms with E-state index < -0.39 is 12.1 Å². The molecular weight excluding hydrogens is 997 g/mol. The van der Waals surface area contributed by atoms with Gasteiger partial charge in [-0.2, -0.15) is 0 Å². The van der Waals surface area contributed by atoms with Gasteiger partial charge in [-0.3, -0.25) is 14.4 Å². The number of hydrogen-bond acceptors (Lipinski definition) is 6. The fourth-order valence-electron chi connectivity index (χ4n) is 8.64. The van der Waals surface area contributed by atoms with Crippen molar-refractivity contribution in [2.75, 3.05) is 13.2 Å². The van der Waals surface area contributed by atoms with Gasteiger partial charge in [-0.05, 0) is 135 Å². The van der Waals surface area contributed by atoms with E-state index in [1.807, 2.05) is 6.08 Å². The van der Waals surface area contributed by atoms with Crippen molar-refractivity contribution in [3.63, 3.8) is 0 Å². The Balaban J connectivity index is 4.50. The fourth-order valence-corrected chi connectivity index (χ4v) is 8.64. The van der Waals surface area contributed by atoms with Crippen molar-refractivity contribution >= 4 is 17.9 Å². The molecule has 0 N–H and O–H groups in total. The van der Waals surface area contributed by atoms with E-state index >= 15 is 0 Å². The lowest BCUT2D eigenvalue weighted by atomic mass is 10.0. The Morgan fingerprint density at radius 2 is 0.506 bits per heavy atom. The highest BCUT2D eigenvalue weighted by atomic mass is 16.6. The molecule has 6 nitrogen and oxygen atoms in total. The highest BCUT2D eigenvalue weighted by molar-refractivity contribution is 5.71. The molecule has 0 saturated heterocycles. The average molecular weight is 1120 g/mol. The maximum atomic E-state index is 12.9. The zero-order valence-electron chi connectivity index (χ0n) is 52.2. The molecule has 0 rings (SSSR count). The molecule has 0 amide bonds. The number of unbranched alkanes of at least 4 members (excludes halogenated alkanes) is 21. The maximum Gasteiger partial charge on any atom is 0.306 e. The van der Waals surface area contributed by atoms with Crippen molar-refractivity contribution < 1.29 is 28.6 Å². The van der Waals surface area contributed by atoms with E-state index in [0.29, 0.717) is 19.3 Å². The first-order valence-corrected chi connectivity index (χ1v) is 33.0. The number of allylic oxidation sites excluding steroid dienone is 26. The van der Waals surface area contributed by atoms with Crippen LogP contribution in [-0.4, -0.2) is 37.2 Å². The first-order valence-electron chi connectivity index (χ1n) is 33.0. The average Bonchev–Trinajstić information content (AvgIpc) is 3.47. The third-order valence-electron chi connectivity index (χ3n) is 13.5. The van der Waals surface area contributed by atoms with Gasteiger partial charge in [0.1, 0.15) is 13.2 Å². The van der Waals surface area contributed by atoms with Gasteiger partial charge in [0.15, 0.2) is 6.10 Å². The van der Waals surface area contributed by atoms with Crippen molar-refractivity contribution in [1.29, 1.82) is 0 Å². The van der Waals surface area contributed by atoms with E-state index in [4.69, 9.17) is 14.2 Å². The summed E-state index contributed by atoms with van der Waals surface area (Å²) < 4.78 is 16.9. The van der Waals surface area contributed by atoms with Crippen LogP contribution in [-0.2, 0) is 28.6 Å². The summed E-state index contributed by atoms with van der Waals surface area (Å²) in [7, 11) is 0. The zero-order chi connectivity index (χ0) is 58.5. The molecule has 0 aromatic carbocycles. The van der Waals surface area contributed by atoms with Crippen molar-refractivity contribution in [2.45, 2.75) is 284 Å². The largest absolute Gasteiger partial charge is 0.462 e. The molecule has 0 aliphatic rings. The van der Waals surface area contributed by atoms with Gasteiger partial charge in [0, 0.05) is 19.3 Å². The van der Waals surface area contributed by atoms with E-state index in [2.05, 4.69) is 173 Å². The Hall–Kier alpha value is -4.97. The molecule has 0 aromatic rings. The van der Waals surface area contributed by atoms with Crippen molar-refractivity contribution in [2.24, 2.45) is 0 Å². The van der Waals surface area contributed by atoms with Crippen LogP contribution in [0.4, 0.5) is 0 Å². The molecule has 0 heterocycles. The third kappa shape index (κ3) is 65.7. The molecule has 0 bridgehead atoms. The number of carbonyl (C=O) groups excluding carboxylic acids is 3. The molecule has 0 saturated carbocycles. The molecule has 0 aliphatic heterocycles. The van der Waals surface area contributed by atoms with Crippen LogP contribution in [0.5, 0.6) is 0 Å². The van der Waals surface area contributed by atoms with Crippen LogP contribution in [0.1, 0.15) is 278 Å². The number of carbonyl (C=O) groups is 3. The van der Waals surface area contributed by atoms with E-state index in [0.717, 1.165) is 128 Å². The second kappa shape index (κ2) is 67.5. The summed E-state index contributed by atoms with van der Waals surface area (Å²) >= 11 is 0. The van der Waals surface area contributed by atoms with E-state index in [1.54, 1.807) is 0 Å². The van der Waals surface area contributed by atoms with Gasteiger partial charge >= 0.3 is 17.9 Å². The second-order valence-corrected chi connectivity index (χ2v) is 21.3. The van der Waals surface area contributed by atoms with Gasteiger partial charge < -0.3 is 14.2 Å². The van der Waals surface area contributed by atoms with Gasteiger partial charge in [-0.1, -0.05) is 281 Å². The van der Waals surface area contributed by atoms with Crippen molar-refractivity contribution in [3.05, 3.63) is 158 Å².